The van der Waals surface area contributed by atoms with Gasteiger partial charge in [-0.15, -0.1) is 5.10 Å². The molecule has 21 heavy (non-hydrogen) atoms. The number of rotatable bonds is 6. The summed E-state index contributed by atoms with van der Waals surface area (Å²) in [6.07, 6.45) is 2.27. The maximum atomic E-state index is 11.4. The van der Waals surface area contributed by atoms with Crippen molar-refractivity contribution in [1.82, 2.24) is 25.2 Å². The van der Waals surface area contributed by atoms with Crippen LogP contribution >= 0.6 is 0 Å². The molecule has 1 N–H and O–H groups in total. The zero-order chi connectivity index (χ0) is 15.4. The van der Waals surface area contributed by atoms with E-state index in [1.807, 2.05) is 32.9 Å². The molecule has 1 atom stereocenters. The Hall–Kier alpha value is -2.31. The molecule has 7 heteroatoms. The van der Waals surface area contributed by atoms with Crippen LogP contribution < -0.4 is 0 Å². The van der Waals surface area contributed by atoms with E-state index in [4.69, 9.17) is 0 Å². The highest BCUT2D eigenvalue weighted by atomic mass is 16.4. The van der Waals surface area contributed by atoms with E-state index in [1.54, 1.807) is 10.9 Å². The fourth-order valence-electron chi connectivity index (χ4n) is 2.25. The summed E-state index contributed by atoms with van der Waals surface area (Å²) in [4.78, 5) is 15.5. The molecule has 0 fully saturated rings. The van der Waals surface area contributed by atoms with Crippen molar-refractivity contribution in [2.45, 2.75) is 33.7 Å². The highest BCUT2D eigenvalue weighted by Crippen LogP contribution is 2.19. The van der Waals surface area contributed by atoms with Crippen LogP contribution in [0.25, 0.3) is 11.4 Å². The van der Waals surface area contributed by atoms with Crippen LogP contribution in [0.3, 0.4) is 0 Å². The van der Waals surface area contributed by atoms with Crippen LogP contribution in [-0.2, 0) is 11.3 Å². The first-order valence-electron chi connectivity index (χ1n) is 6.89. The number of hydrogen-bond acceptors (Lipinski definition) is 5. The molecule has 2 aromatic rings. The monoisotopic (exact) mass is 289 g/mol. The van der Waals surface area contributed by atoms with Gasteiger partial charge in [-0.1, -0.05) is 13.8 Å². The number of carboxylic acids is 1. The van der Waals surface area contributed by atoms with Gasteiger partial charge in [-0.05, 0) is 41.8 Å². The lowest BCUT2D eigenvalue weighted by Gasteiger charge is -2.15. The third-order valence-electron chi connectivity index (χ3n) is 3.19. The van der Waals surface area contributed by atoms with Crippen LogP contribution in [0.15, 0.2) is 18.3 Å². The molecule has 0 amide bonds. The predicted octanol–water partition coefficient (Wildman–Crippen LogP) is 1.79. The second kappa shape index (κ2) is 6.43. The molecule has 0 radical (unpaired) electrons. The van der Waals surface area contributed by atoms with Gasteiger partial charge in [-0.2, -0.15) is 0 Å². The maximum absolute atomic E-state index is 11.4. The lowest BCUT2D eigenvalue weighted by molar-refractivity contribution is -0.142. The molecule has 0 saturated heterocycles. The Morgan fingerprint density at radius 2 is 2.19 bits per heavy atom. The van der Waals surface area contributed by atoms with Gasteiger partial charge in [0.15, 0.2) is 5.82 Å². The fraction of sp³-hybridized carbons (Fsp3) is 0.500. The summed E-state index contributed by atoms with van der Waals surface area (Å²) < 4.78 is 1.55. The minimum Gasteiger partial charge on any atom is -0.481 e. The molecular weight excluding hydrogens is 270 g/mol. The minimum atomic E-state index is -0.823. The van der Waals surface area contributed by atoms with E-state index in [2.05, 4.69) is 20.5 Å². The van der Waals surface area contributed by atoms with Crippen molar-refractivity contribution in [3.63, 3.8) is 0 Å². The van der Waals surface area contributed by atoms with Crippen LogP contribution in [0.5, 0.6) is 0 Å². The van der Waals surface area contributed by atoms with Crippen LogP contribution in [0.1, 0.15) is 26.0 Å². The smallest absolute Gasteiger partial charge is 0.308 e. The number of nitrogens with zero attached hydrogens (tertiary/aromatic N) is 5. The standard InChI is InChI=1S/C14H19N5O2/c1-9(2)6-12(14(20)21)8-19-13(16-17-18-19)11-4-5-15-10(3)7-11/h4-5,7,9,12H,6,8H2,1-3H3,(H,20,21). The third kappa shape index (κ3) is 3.84. The first-order chi connectivity index (χ1) is 9.97. The zero-order valence-corrected chi connectivity index (χ0v) is 12.4. The number of carbonyl (C=O) groups is 1. The molecule has 0 spiro atoms. The predicted molar refractivity (Wildman–Crippen MR) is 76.4 cm³/mol. The summed E-state index contributed by atoms with van der Waals surface area (Å²) in [7, 11) is 0. The normalized spacial score (nSPS) is 12.6. The molecule has 112 valence electrons. The molecule has 0 aliphatic heterocycles. The van der Waals surface area contributed by atoms with Crippen LogP contribution in [0.4, 0.5) is 0 Å². The van der Waals surface area contributed by atoms with Crippen LogP contribution in [-0.4, -0.2) is 36.3 Å². The van der Waals surface area contributed by atoms with Crippen LogP contribution in [0.2, 0.25) is 0 Å². The third-order valence-corrected chi connectivity index (χ3v) is 3.19. The van der Waals surface area contributed by atoms with Gasteiger partial charge in [0.2, 0.25) is 0 Å². The van der Waals surface area contributed by atoms with Crippen molar-refractivity contribution in [3.05, 3.63) is 24.0 Å². The first-order valence-corrected chi connectivity index (χ1v) is 6.89. The minimum absolute atomic E-state index is 0.261. The average Bonchev–Trinajstić information content (AvgIpc) is 2.85. The van der Waals surface area contributed by atoms with Gasteiger partial charge in [-0.25, -0.2) is 4.68 Å². The Balaban J connectivity index is 2.25. The molecule has 0 bridgehead atoms. The van der Waals surface area contributed by atoms with E-state index < -0.39 is 11.9 Å². The Morgan fingerprint density at radius 1 is 1.43 bits per heavy atom. The molecule has 2 aromatic heterocycles. The second-order valence-corrected chi connectivity index (χ2v) is 5.54. The number of aromatic nitrogens is 5. The van der Waals surface area contributed by atoms with Crippen molar-refractivity contribution in [2.75, 3.05) is 0 Å². The molecule has 0 saturated carbocycles. The number of pyridine rings is 1. The number of tetrazole rings is 1. The Kier molecular flexibility index (Phi) is 4.62. The lowest BCUT2D eigenvalue weighted by atomic mass is 9.97. The molecular formula is C14H19N5O2. The van der Waals surface area contributed by atoms with Crippen molar-refractivity contribution < 1.29 is 9.90 Å². The molecule has 1 unspecified atom stereocenters. The van der Waals surface area contributed by atoms with Crippen molar-refractivity contribution in [1.29, 1.82) is 0 Å². The Labute approximate surface area is 123 Å². The zero-order valence-electron chi connectivity index (χ0n) is 12.4. The SMILES string of the molecule is Cc1cc(-c2nnnn2CC(CC(C)C)C(=O)O)ccn1. The summed E-state index contributed by atoms with van der Waals surface area (Å²) in [6.45, 7) is 6.15. The summed E-state index contributed by atoms with van der Waals surface area (Å²) in [5.74, 6) is -0.462. The van der Waals surface area contributed by atoms with Gasteiger partial charge in [0.05, 0.1) is 12.5 Å². The Morgan fingerprint density at radius 3 is 2.81 bits per heavy atom. The first kappa shape index (κ1) is 15.1. The largest absolute Gasteiger partial charge is 0.481 e. The summed E-state index contributed by atoms with van der Waals surface area (Å²) in [5.41, 5.74) is 1.69. The van der Waals surface area contributed by atoms with Gasteiger partial charge in [0.25, 0.3) is 0 Å². The quantitative estimate of drug-likeness (QED) is 0.871. The number of hydrogen-bond donors (Lipinski definition) is 1. The molecule has 7 nitrogen and oxygen atoms in total. The Bertz CT molecular complexity index is 623. The van der Waals surface area contributed by atoms with Gasteiger partial charge in [0.1, 0.15) is 0 Å². The highest BCUT2D eigenvalue weighted by molar-refractivity contribution is 5.70. The summed E-state index contributed by atoms with van der Waals surface area (Å²) in [5, 5.41) is 20.9. The van der Waals surface area contributed by atoms with E-state index in [-0.39, 0.29) is 6.54 Å². The molecule has 2 heterocycles. The molecule has 0 aliphatic carbocycles. The number of aliphatic carboxylic acids is 1. The van der Waals surface area contributed by atoms with E-state index >= 15 is 0 Å². The molecule has 0 aliphatic rings. The van der Waals surface area contributed by atoms with Gasteiger partial charge < -0.3 is 5.11 Å². The van der Waals surface area contributed by atoms with E-state index in [0.29, 0.717) is 18.2 Å². The van der Waals surface area contributed by atoms with Gasteiger partial charge >= 0.3 is 5.97 Å². The van der Waals surface area contributed by atoms with Crippen molar-refractivity contribution >= 4 is 5.97 Å². The maximum Gasteiger partial charge on any atom is 0.308 e. The van der Waals surface area contributed by atoms with E-state index in [0.717, 1.165) is 11.3 Å². The van der Waals surface area contributed by atoms with Gasteiger partial charge in [-0.3, -0.25) is 9.78 Å². The van der Waals surface area contributed by atoms with Crippen LogP contribution in [0, 0.1) is 18.8 Å². The lowest BCUT2D eigenvalue weighted by Crippen LogP contribution is -2.23. The number of carboxylic acid groups (broad SMARTS) is 1. The highest BCUT2D eigenvalue weighted by Gasteiger charge is 2.22. The molecule has 2 rings (SSSR count). The number of aryl methyl sites for hydroxylation is 1. The van der Waals surface area contributed by atoms with Crippen molar-refractivity contribution in [2.24, 2.45) is 11.8 Å². The summed E-state index contributed by atoms with van der Waals surface area (Å²) >= 11 is 0. The average molecular weight is 289 g/mol. The fourth-order valence-corrected chi connectivity index (χ4v) is 2.25. The van der Waals surface area contributed by atoms with Crippen molar-refractivity contribution in [3.8, 4) is 11.4 Å². The van der Waals surface area contributed by atoms with Gasteiger partial charge in [0, 0.05) is 17.5 Å². The second-order valence-electron chi connectivity index (χ2n) is 5.54. The molecule has 0 aromatic carbocycles. The summed E-state index contributed by atoms with van der Waals surface area (Å²) in [6, 6.07) is 3.69. The topological polar surface area (TPSA) is 93.8 Å². The van der Waals surface area contributed by atoms with E-state index in [9.17, 15) is 9.90 Å². The van der Waals surface area contributed by atoms with E-state index in [1.165, 1.54) is 0 Å².